The number of halogens is 4. The molecule has 2 heterocycles. The summed E-state index contributed by atoms with van der Waals surface area (Å²) in [5, 5.41) is 1.90. The Morgan fingerprint density at radius 2 is 1.61 bits per heavy atom. The highest BCUT2D eigenvalue weighted by atomic mass is 19.2. The maximum atomic E-state index is 14.1. The third-order valence-electron chi connectivity index (χ3n) is 6.29. The Kier molecular flexibility index (Phi) is 5.95. The Morgan fingerprint density at radius 3 is 2.31 bits per heavy atom. The zero-order valence-corrected chi connectivity index (χ0v) is 19.0. The number of nitrogens with one attached hydrogen (secondary N) is 1. The van der Waals surface area contributed by atoms with Gasteiger partial charge in [-0.25, -0.2) is 22.5 Å². The van der Waals surface area contributed by atoms with E-state index in [-0.39, 0.29) is 12.6 Å². The Balaban J connectivity index is 1.53. The number of para-hydroxylation sites is 2. The van der Waals surface area contributed by atoms with Crippen LogP contribution in [0.3, 0.4) is 0 Å². The number of benzene rings is 3. The predicted molar refractivity (Wildman–Crippen MR) is 124 cm³/mol. The average molecular weight is 496 g/mol. The Bertz CT molecular complexity index is 1460. The van der Waals surface area contributed by atoms with Crippen molar-refractivity contribution in [1.82, 2.24) is 14.5 Å². The van der Waals surface area contributed by atoms with Gasteiger partial charge in [0.2, 0.25) is 11.8 Å². The first-order valence-corrected chi connectivity index (χ1v) is 11.2. The molecule has 0 saturated carbocycles. The Labute approximate surface area is 203 Å². The second-order valence-corrected chi connectivity index (χ2v) is 8.57. The van der Waals surface area contributed by atoms with Crippen LogP contribution >= 0.6 is 0 Å². The molecule has 0 spiro atoms. The normalized spacial score (nSPS) is 17.4. The molecule has 1 aromatic heterocycles. The van der Waals surface area contributed by atoms with Gasteiger partial charge in [0.1, 0.15) is 17.6 Å². The quantitative estimate of drug-likeness (QED) is 0.303. The second-order valence-electron chi connectivity index (χ2n) is 8.57. The molecular formula is C26H20F4N4O2. The molecule has 0 unspecified atom stereocenters. The van der Waals surface area contributed by atoms with Gasteiger partial charge in [0.05, 0.1) is 23.5 Å². The lowest BCUT2D eigenvalue weighted by atomic mass is 10.0. The van der Waals surface area contributed by atoms with Crippen LogP contribution in [-0.2, 0) is 16.1 Å². The van der Waals surface area contributed by atoms with E-state index in [0.717, 1.165) is 5.56 Å². The summed E-state index contributed by atoms with van der Waals surface area (Å²) in [5.74, 6) is -7.61. The van der Waals surface area contributed by atoms with Crippen molar-refractivity contribution in [2.24, 2.45) is 0 Å². The van der Waals surface area contributed by atoms with Crippen LogP contribution in [0.4, 0.5) is 23.2 Å². The molecule has 36 heavy (non-hydrogen) atoms. The highest BCUT2D eigenvalue weighted by molar-refractivity contribution is 5.96. The number of amides is 2. The average Bonchev–Trinajstić information content (AvgIpc) is 3.26. The molecule has 1 N–H and O–H groups in total. The molecule has 10 heteroatoms. The van der Waals surface area contributed by atoms with Gasteiger partial charge in [-0.2, -0.15) is 0 Å². The first-order chi connectivity index (χ1) is 17.3. The van der Waals surface area contributed by atoms with Crippen LogP contribution < -0.4 is 5.32 Å². The highest BCUT2D eigenvalue weighted by Gasteiger charge is 2.40. The van der Waals surface area contributed by atoms with Gasteiger partial charge in [-0.3, -0.25) is 9.59 Å². The van der Waals surface area contributed by atoms with Crippen LogP contribution in [0.1, 0.15) is 36.8 Å². The van der Waals surface area contributed by atoms with E-state index in [4.69, 9.17) is 0 Å². The fourth-order valence-corrected chi connectivity index (χ4v) is 4.54. The van der Waals surface area contributed by atoms with Gasteiger partial charge < -0.3 is 14.8 Å². The number of hydrogen-bond donors (Lipinski definition) is 1. The summed E-state index contributed by atoms with van der Waals surface area (Å²) >= 11 is 0. The molecular weight excluding hydrogens is 476 g/mol. The summed E-state index contributed by atoms with van der Waals surface area (Å²) in [7, 11) is 0. The molecule has 4 aromatic rings. The number of hydrogen-bond acceptors (Lipinski definition) is 3. The van der Waals surface area contributed by atoms with E-state index in [1.807, 2.05) is 42.6 Å². The van der Waals surface area contributed by atoms with Crippen molar-refractivity contribution in [2.75, 3.05) is 5.32 Å². The van der Waals surface area contributed by atoms with Gasteiger partial charge in [0, 0.05) is 12.6 Å². The molecule has 0 radical (unpaired) electrons. The molecule has 2 atom stereocenters. The molecule has 3 aromatic carbocycles. The third-order valence-corrected chi connectivity index (χ3v) is 6.29. The van der Waals surface area contributed by atoms with E-state index in [1.54, 1.807) is 33.7 Å². The van der Waals surface area contributed by atoms with Gasteiger partial charge in [0.15, 0.2) is 23.3 Å². The number of aromatic nitrogens is 2. The molecule has 6 nitrogen and oxygen atoms in total. The largest absolute Gasteiger partial charge is 0.327 e. The van der Waals surface area contributed by atoms with Crippen molar-refractivity contribution in [3.8, 4) is 0 Å². The number of nitrogens with zero attached hydrogens (tertiary/aromatic N) is 3. The first kappa shape index (κ1) is 23.5. The van der Waals surface area contributed by atoms with E-state index in [2.05, 4.69) is 4.98 Å². The predicted octanol–water partition coefficient (Wildman–Crippen LogP) is 5.27. The fraction of sp³-hybridized carbons (Fsp3) is 0.192. The van der Waals surface area contributed by atoms with Crippen molar-refractivity contribution in [2.45, 2.75) is 32.0 Å². The fourth-order valence-electron chi connectivity index (χ4n) is 4.54. The van der Waals surface area contributed by atoms with E-state index >= 15 is 0 Å². The maximum Gasteiger partial charge on any atom is 0.247 e. The summed E-state index contributed by atoms with van der Waals surface area (Å²) in [6.07, 6.45) is -0.540. The molecule has 2 amide bonds. The molecule has 1 aliphatic rings. The number of carbonyl (C=O) groups excluding carboxylic acids is 2. The Morgan fingerprint density at radius 1 is 0.972 bits per heavy atom. The van der Waals surface area contributed by atoms with Gasteiger partial charge in [-0.1, -0.05) is 42.5 Å². The minimum absolute atomic E-state index is 0.0533. The van der Waals surface area contributed by atoms with Crippen LogP contribution in [0, 0.1) is 23.3 Å². The minimum Gasteiger partial charge on any atom is -0.327 e. The van der Waals surface area contributed by atoms with E-state index in [0.29, 0.717) is 16.9 Å². The molecule has 0 fully saturated rings. The van der Waals surface area contributed by atoms with Crippen LogP contribution in [0.5, 0.6) is 0 Å². The van der Waals surface area contributed by atoms with Crippen LogP contribution in [0.2, 0.25) is 0 Å². The summed E-state index contributed by atoms with van der Waals surface area (Å²) in [6, 6.07) is 14.9. The monoisotopic (exact) mass is 496 g/mol. The van der Waals surface area contributed by atoms with Crippen LogP contribution in [0.25, 0.3) is 11.0 Å². The molecule has 5 rings (SSSR count). The van der Waals surface area contributed by atoms with Crippen LogP contribution in [0.15, 0.2) is 60.7 Å². The number of anilines is 1. The van der Waals surface area contributed by atoms with Crippen molar-refractivity contribution >= 4 is 28.5 Å². The summed E-state index contributed by atoms with van der Waals surface area (Å²) in [4.78, 5) is 32.8. The molecule has 0 bridgehead atoms. The lowest BCUT2D eigenvalue weighted by Crippen LogP contribution is -2.45. The summed E-state index contributed by atoms with van der Waals surface area (Å²) in [6.45, 7) is 2.08. The topological polar surface area (TPSA) is 67.2 Å². The molecule has 0 saturated heterocycles. The summed E-state index contributed by atoms with van der Waals surface area (Å²) in [5.41, 5.74) is 0.846. The van der Waals surface area contributed by atoms with Crippen molar-refractivity contribution in [3.63, 3.8) is 0 Å². The van der Waals surface area contributed by atoms with E-state index in [9.17, 15) is 27.2 Å². The Hall–Kier alpha value is -4.21. The lowest BCUT2D eigenvalue weighted by molar-refractivity contribution is -0.142. The second kappa shape index (κ2) is 9.10. The number of rotatable bonds is 5. The number of imidazole rings is 1. The standard InChI is InChI=1S/C26H20F4N4O2/c1-14-25-31-18-9-5-6-10-19(18)34(25)20(26(36)33(14)13-15-7-3-2-4-8-15)12-21(35)32-24-22(29)16(27)11-17(28)23(24)30/h2-11,14,20H,12-13H2,1H3,(H,32,35)/t14-,20+/m0/s1. The molecule has 0 aliphatic carbocycles. The highest BCUT2D eigenvalue weighted by Crippen LogP contribution is 2.37. The van der Waals surface area contributed by atoms with Gasteiger partial charge in [-0.15, -0.1) is 0 Å². The SMILES string of the molecule is C[C@H]1c2nc3ccccc3n2[C@H](CC(=O)Nc2c(F)c(F)cc(F)c2F)C(=O)N1Cc1ccccc1. The first-order valence-electron chi connectivity index (χ1n) is 11.2. The van der Waals surface area contributed by atoms with Gasteiger partial charge >= 0.3 is 0 Å². The van der Waals surface area contributed by atoms with E-state index < -0.39 is 59.3 Å². The summed E-state index contributed by atoms with van der Waals surface area (Å²) < 4.78 is 57.1. The van der Waals surface area contributed by atoms with Gasteiger partial charge in [-0.05, 0) is 24.6 Å². The third kappa shape index (κ3) is 3.98. The lowest BCUT2D eigenvalue weighted by Gasteiger charge is -2.38. The zero-order chi connectivity index (χ0) is 25.6. The number of carbonyl (C=O) groups is 2. The van der Waals surface area contributed by atoms with Crippen molar-refractivity contribution in [1.29, 1.82) is 0 Å². The van der Waals surface area contributed by atoms with Gasteiger partial charge in [0.25, 0.3) is 0 Å². The van der Waals surface area contributed by atoms with E-state index in [1.165, 1.54) is 0 Å². The van der Waals surface area contributed by atoms with Crippen molar-refractivity contribution in [3.05, 3.63) is 95.3 Å². The number of fused-ring (bicyclic) bond motifs is 3. The maximum absolute atomic E-state index is 14.1. The molecule has 184 valence electrons. The van der Waals surface area contributed by atoms with Crippen LogP contribution in [-0.4, -0.2) is 26.3 Å². The zero-order valence-electron chi connectivity index (χ0n) is 19.0. The smallest absolute Gasteiger partial charge is 0.247 e. The van der Waals surface area contributed by atoms with Crippen molar-refractivity contribution < 1.29 is 27.2 Å². The molecule has 1 aliphatic heterocycles. The minimum atomic E-state index is -1.73.